The van der Waals surface area contributed by atoms with Crippen LogP contribution in [0.4, 0.5) is 13.2 Å². The van der Waals surface area contributed by atoms with E-state index in [4.69, 9.17) is 5.73 Å². The van der Waals surface area contributed by atoms with Crippen LogP contribution in [0, 0.1) is 11.8 Å². The minimum Gasteiger partial charge on any atom is -0.330 e. The van der Waals surface area contributed by atoms with E-state index in [1.807, 2.05) is 0 Å². The van der Waals surface area contributed by atoms with Crippen molar-refractivity contribution in [2.75, 3.05) is 6.54 Å². The maximum absolute atomic E-state index is 12.1. The predicted octanol–water partition coefficient (Wildman–Crippen LogP) is 1.86. The minimum absolute atomic E-state index is 0.311. The van der Waals surface area contributed by atoms with Crippen molar-refractivity contribution in [3.63, 3.8) is 0 Å². The molecule has 0 saturated carbocycles. The zero-order valence-electron chi connectivity index (χ0n) is 7.06. The Morgan fingerprint density at radius 1 is 1.50 bits per heavy atom. The molecule has 1 rings (SSSR count). The van der Waals surface area contributed by atoms with Gasteiger partial charge in [-0.25, -0.2) is 4.98 Å². The van der Waals surface area contributed by atoms with E-state index in [9.17, 15) is 13.2 Å². The largest absolute Gasteiger partial charge is 0.443 e. The highest BCUT2D eigenvalue weighted by molar-refractivity contribution is 7.12. The van der Waals surface area contributed by atoms with Crippen LogP contribution in [0.15, 0.2) is 6.20 Å². The van der Waals surface area contributed by atoms with Gasteiger partial charge in [0.1, 0.15) is 0 Å². The van der Waals surface area contributed by atoms with Gasteiger partial charge in [-0.15, -0.1) is 11.3 Å². The maximum atomic E-state index is 12.1. The average Bonchev–Trinajstić information content (AvgIpc) is 2.52. The van der Waals surface area contributed by atoms with Crippen LogP contribution in [0.5, 0.6) is 0 Å². The van der Waals surface area contributed by atoms with Crippen molar-refractivity contribution in [2.45, 2.75) is 12.6 Å². The first kappa shape index (κ1) is 11.0. The zero-order chi connectivity index (χ0) is 10.6. The van der Waals surface area contributed by atoms with Crippen LogP contribution in [0.1, 0.15) is 16.3 Å². The van der Waals surface area contributed by atoms with Gasteiger partial charge < -0.3 is 5.73 Å². The topological polar surface area (TPSA) is 38.9 Å². The Morgan fingerprint density at radius 3 is 2.71 bits per heavy atom. The van der Waals surface area contributed by atoms with Crippen LogP contribution in [0.3, 0.4) is 0 Å². The summed E-state index contributed by atoms with van der Waals surface area (Å²) >= 11 is 0.540. The summed E-state index contributed by atoms with van der Waals surface area (Å²) in [6.45, 7) is 0.401. The fourth-order valence-electron chi connectivity index (χ4n) is 0.685. The van der Waals surface area contributed by atoms with E-state index in [1.54, 1.807) is 0 Å². The van der Waals surface area contributed by atoms with Crippen molar-refractivity contribution >= 4 is 11.3 Å². The molecule has 14 heavy (non-hydrogen) atoms. The number of hydrogen-bond acceptors (Lipinski definition) is 3. The van der Waals surface area contributed by atoms with Crippen molar-refractivity contribution < 1.29 is 13.2 Å². The number of nitrogens with two attached hydrogens (primary N) is 1. The van der Waals surface area contributed by atoms with Crippen molar-refractivity contribution in [1.29, 1.82) is 0 Å². The Balaban J connectivity index is 2.75. The first-order valence-corrected chi connectivity index (χ1v) is 4.57. The number of aromatic nitrogens is 1. The summed E-state index contributed by atoms with van der Waals surface area (Å²) in [6, 6.07) is 0. The summed E-state index contributed by atoms with van der Waals surface area (Å²) in [5.41, 5.74) is 5.17. The van der Waals surface area contributed by atoms with E-state index in [2.05, 4.69) is 16.8 Å². The molecule has 0 radical (unpaired) electrons. The quantitative estimate of drug-likeness (QED) is 0.734. The number of alkyl halides is 3. The number of hydrogen-bond donors (Lipinski definition) is 1. The van der Waals surface area contributed by atoms with Crippen molar-refractivity contribution in [3.05, 3.63) is 16.1 Å². The Labute approximate surface area is 83.0 Å². The fraction of sp³-hybridized carbons (Fsp3) is 0.375. The monoisotopic (exact) mass is 220 g/mol. The van der Waals surface area contributed by atoms with Gasteiger partial charge in [-0.1, -0.05) is 11.8 Å². The van der Waals surface area contributed by atoms with Gasteiger partial charge in [0, 0.05) is 13.0 Å². The van der Waals surface area contributed by atoms with E-state index < -0.39 is 11.2 Å². The summed E-state index contributed by atoms with van der Waals surface area (Å²) in [5, 5.41) is -0.866. The molecule has 0 aromatic carbocycles. The van der Waals surface area contributed by atoms with E-state index >= 15 is 0 Å². The molecule has 6 heteroatoms. The van der Waals surface area contributed by atoms with Crippen LogP contribution >= 0.6 is 11.3 Å². The Morgan fingerprint density at radius 2 is 2.21 bits per heavy atom. The van der Waals surface area contributed by atoms with Gasteiger partial charge in [0.15, 0.2) is 5.01 Å². The molecule has 0 aliphatic carbocycles. The molecule has 0 atom stereocenters. The molecular weight excluding hydrogens is 213 g/mol. The second-order valence-corrected chi connectivity index (χ2v) is 3.40. The standard InChI is InChI=1S/C8H7F3N2S/c9-8(10,11)7-13-5-6(14-7)3-1-2-4-12/h5H,2,4,12H2. The SMILES string of the molecule is NCCC#Cc1cnc(C(F)(F)F)s1. The molecule has 0 fully saturated rings. The number of halogens is 3. The van der Waals surface area contributed by atoms with Gasteiger partial charge >= 0.3 is 6.18 Å². The van der Waals surface area contributed by atoms with Crippen molar-refractivity contribution in [2.24, 2.45) is 5.73 Å². The van der Waals surface area contributed by atoms with Crippen LogP contribution < -0.4 is 5.73 Å². The minimum atomic E-state index is -4.38. The van der Waals surface area contributed by atoms with Crippen LogP contribution in [0.2, 0.25) is 0 Å². The molecule has 0 amide bonds. The molecule has 0 spiro atoms. The smallest absolute Gasteiger partial charge is 0.330 e. The fourth-order valence-corrected chi connectivity index (χ4v) is 1.34. The molecular formula is C8H7F3N2S. The van der Waals surface area contributed by atoms with Gasteiger partial charge in [-0.05, 0) is 0 Å². The van der Waals surface area contributed by atoms with E-state index in [0.29, 0.717) is 29.2 Å². The van der Waals surface area contributed by atoms with Gasteiger partial charge in [0.25, 0.3) is 0 Å². The lowest BCUT2D eigenvalue weighted by Gasteiger charge is -1.98. The highest BCUT2D eigenvalue weighted by atomic mass is 32.1. The summed E-state index contributed by atoms with van der Waals surface area (Å²) < 4.78 is 36.2. The molecule has 0 aliphatic rings. The molecule has 0 unspecified atom stereocenters. The maximum Gasteiger partial charge on any atom is 0.443 e. The van der Waals surface area contributed by atoms with E-state index in [0.717, 1.165) is 6.20 Å². The molecule has 2 N–H and O–H groups in total. The third kappa shape index (κ3) is 3.01. The molecule has 1 aromatic heterocycles. The van der Waals surface area contributed by atoms with Gasteiger partial charge in [0.05, 0.1) is 11.1 Å². The lowest BCUT2D eigenvalue weighted by Crippen LogP contribution is -2.02. The predicted molar refractivity (Wildman–Crippen MR) is 47.7 cm³/mol. The highest BCUT2D eigenvalue weighted by Crippen LogP contribution is 2.31. The Hall–Kier alpha value is -1.06. The third-order valence-corrected chi connectivity index (χ3v) is 2.19. The number of rotatable bonds is 1. The summed E-state index contributed by atoms with van der Waals surface area (Å²) in [6.07, 6.45) is -2.78. The summed E-state index contributed by atoms with van der Waals surface area (Å²) in [4.78, 5) is 3.54. The second kappa shape index (κ2) is 4.44. The van der Waals surface area contributed by atoms with E-state index in [-0.39, 0.29) is 0 Å². The van der Waals surface area contributed by atoms with Crippen molar-refractivity contribution in [3.8, 4) is 11.8 Å². The number of thiazole rings is 1. The van der Waals surface area contributed by atoms with E-state index in [1.165, 1.54) is 0 Å². The van der Waals surface area contributed by atoms with Gasteiger partial charge in [0.2, 0.25) is 0 Å². The zero-order valence-corrected chi connectivity index (χ0v) is 7.87. The highest BCUT2D eigenvalue weighted by Gasteiger charge is 2.34. The lowest BCUT2D eigenvalue weighted by molar-refractivity contribution is -0.137. The average molecular weight is 220 g/mol. The Bertz CT molecular complexity index is 359. The van der Waals surface area contributed by atoms with Crippen LogP contribution in [0.25, 0.3) is 0 Å². The van der Waals surface area contributed by atoms with Crippen LogP contribution in [-0.2, 0) is 6.18 Å². The second-order valence-electron chi connectivity index (χ2n) is 2.37. The normalized spacial score (nSPS) is 10.9. The summed E-state index contributed by atoms with van der Waals surface area (Å²) in [5.74, 6) is 5.21. The molecule has 2 nitrogen and oxygen atoms in total. The molecule has 76 valence electrons. The molecule has 1 aromatic rings. The molecule has 0 bridgehead atoms. The Kier molecular flexibility index (Phi) is 3.49. The van der Waals surface area contributed by atoms with Crippen LogP contribution in [-0.4, -0.2) is 11.5 Å². The molecule has 0 aliphatic heterocycles. The lowest BCUT2D eigenvalue weighted by atomic mass is 10.4. The summed E-state index contributed by atoms with van der Waals surface area (Å²) in [7, 11) is 0. The van der Waals surface area contributed by atoms with Gasteiger partial charge in [-0.2, -0.15) is 13.2 Å². The molecule has 0 saturated heterocycles. The van der Waals surface area contributed by atoms with Gasteiger partial charge in [-0.3, -0.25) is 0 Å². The first-order valence-electron chi connectivity index (χ1n) is 3.76. The number of nitrogens with zero attached hydrogens (tertiary/aromatic N) is 1. The van der Waals surface area contributed by atoms with Crippen molar-refractivity contribution in [1.82, 2.24) is 4.98 Å². The first-order chi connectivity index (χ1) is 6.54. The molecule has 1 heterocycles. The third-order valence-electron chi connectivity index (χ3n) is 1.23.